The van der Waals surface area contributed by atoms with Crippen LogP contribution in [-0.2, 0) is 13.7 Å². The average Bonchev–Trinajstić information content (AvgIpc) is 2.74. The van der Waals surface area contributed by atoms with Crippen LogP contribution in [0.15, 0.2) is 48.7 Å². The number of aryl methyl sites for hydroxylation is 2. The maximum atomic E-state index is 13.4. The molecule has 0 saturated heterocycles. The van der Waals surface area contributed by atoms with Crippen molar-refractivity contribution in [2.24, 2.45) is 7.05 Å². The quantitative estimate of drug-likeness (QED) is 0.695. The van der Waals surface area contributed by atoms with Crippen molar-refractivity contribution in [2.75, 3.05) is 0 Å². The molecule has 0 amide bonds. The Balaban J connectivity index is 1.92. The van der Waals surface area contributed by atoms with Crippen LogP contribution in [0.1, 0.15) is 11.1 Å². The van der Waals surface area contributed by atoms with Gasteiger partial charge in [0.05, 0.1) is 0 Å². The van der Waals surface area contributed by atoms with Crippen molar-refractivity contribution in [3.63, 3.8) is 0 Å². The van der Waals surface area contributed by atoms with Gasteiger partial charge in [0.2, 0.25) is 0 Å². The van der Waals surface area contributed by atoms with Crippen molar-refractivity contribution in [1.29, 1.82) is 0 Å². The minimum absolute atomic E-state index is 0.221. The summed E-state index contributed by atoms with van der Waals surface area (Å²) in [4.78, 5) is 0. The Morgan fingerprint density at radius 1 is 1.15 bits per heavy atom. The summed E-state index contributed by atoms with van der Waals surface area (Å²) in [6, 6.07) is 12.7. The molecule has 0 aliphatic heterocycles. The summed E-state index contributed by atoms with van der Waals surface area (Å²) in [5.74, 6) is 0.641. The zero-order valence-electron chi connectivity index (χ0n) is 11.6. The third-order valence-electron chi connectivity index (χ3n) is 3.51. The van der Waals surface area contributed by atoms with Gasteiger partial charge in [0.15, 0.2) is 0 Å². The smallest absolute Gasteiger partial charge is 0.123 e. The fraction of sp³-hybridized carbons (Fsp3) is 0.176. The molecule has 3 aromatic rings. The van der Waals surface area contributed by atoms with E-state index >= 15 is 0 Å². The molecule has 0 radical (unpaired) electrons. The van der Waals surface area contributed by atoms with E-state index in [1.165, 1.54) is 6.07 Å². The molecule has 0 aliphatic carbocycles. The number of benzene rings is 2. The van der Waals surface area contributed by atoms with Gasteiger partial charge >= 0.3 is 0 Å². The van der Waals surface area contributed by atoms with Crippen molar-refractivity contribution in [3.8, 4) is 5.75 Å². The monoisotopic (exact) mass is 269 g/mol. The van der Waals surface area contributed by atoms with Crippen molar-refractivity contribution < 1.29 is 9.13 Å². The van der Waals surface area contributed by atoms with E-state index in [9.17, 15) is 4.39 Å². The second-order valence-electron chi connectivity index (χ2n) is 4.98. The lowest BCUT2D eigenvalue weighted by Crippen LogP contribution is -1.96. The Labute approximate surface area is 117 Å². The molecule has 0 N–H and O–H groups in total. The first-order valence-corrected chi connectivity index (χ1v) is 6.57. The lowest BCUT2D eigenvalue weighted by molar-refractivity contribution is 0.305. The molecule has 2 nitrogen and oxygen atoms in total. The molecule has 102 valence electrons. The summed E-state index contributed by atoms with van der Waals surface area (Å²) in [5.41, 5.74) is 3.10. The first kappa shape index (κ1) is 12.7. The van der Waals surface area contributed by atoms with Crippen molar-refractivity contribution >= 4 is 10.9 Å². The number of ether oxygens (including phenoxy) is 1. The minimum Gasteiger partial charge on any atom is -0.489 e. The van der Waals surface area contributed by atoms with E-state index in [1.807, 2.05) is 49.0 Å². The normalized spacial score (nSPS) is 10.9. The molecule has 0 atom stereocenters. The molecule has 1 heterocycles. The van der Waals surface area contributed by atoms with Crippen LogP contribution in [0.4, 0.5) is 4.39 Å². The molecule has 0 spiro atoms. The van der Waals surface area contributed by atoms with Gasteiger partial charge in [-0.1, -0.05) is 18.2 Å². The van der Waals surface area contributed by atoms with Gasteiger partial charge in [-0.2, -0.15) is 0 Å². The topological polar surface area (TPSA) is 14.2 Å². The Morgan fingerprint density at radius 2 is 1.95 bits per heavy atom. The van der Waals surface area contributed by atoms with E-state index in [1.54, 1.807) is 12.1 Å². The minimum atomic E-state index is -0.221. The van der Waals surface area contributed by atoms with Crippen molar-refractivity contribution in [3.05, 3.63) is 65.6 Å². The predicted octanol–water partition coefficient (Wildman–Crippen LogP) is 4.20. The summed E-state index contributed by atoms with van der Waals surface area (Å²) in [5, 5.41) is 0.904. The third-order valence-corrected chi connectivity index (χ3v) is 3.51. The Hall–Kier alpha value is -2.29. The first-order chi connectivity index (χ1) is 9.65. The van der Waals surface area contributed by atoms with Gasteiger partial charge in [-0.25, -0.2) is 4.39 Å². The van der Waals surface area contributed by atoms with Crippen LogP contribution in [0, 0.1) is 12.7 Å². The second kappa shape index (κ2) is 5.00. The highest BCUT2D eigenvalue weighted by Gasteiger charge is 2.08. The number of halogens is 1. The number of rotatable bonds is 3. The Morgan fingerprint density at radius 3 is 2.75 bits per heavy atom. The van der Waals surface area contributed by atoms with Gasteiger partial charge in [0, 0.05) is 29.7 Å². The van der Waals surface area contributed by atoms with Crippen LogP contribution in [0.5, 0.6) is 5.75 Å². The molecule has 0 bridgehead atoms. The van der Waals surface area contributed by atoms with Crippen LogP contribution in [0.3, 0.4) is 0 Å². The highest BCUT2D eigenvalue weighted by molar-refractivity contribution is 5.83. The Bertz CT molecular complexity index is 761. The lowest BCUT2D eigenvalue weighted by Gasteiger charge is -2.08. The molecule has 3 heteroatoms. The summed E-state index contributed by atoms with van der Waals surface area (Å²) < 4.78 is 21.2. The Kier molecular flexibility index (Phi) is 3.18. The average molecular weight is 269 g/mol. The molecule has 0 fully saturated rings. The van der Waals surface area contributed by atoms with E-state index in [0.29, 0.717) is 6.61 Å². The standard InChI is InChI=1S/C17H16FNO/c1-12-5-3-4-6-17(12)20-11-13-10-19(2)16-8-7-14(18)9-15(13)16/h3-10H,11H2,1-2H3. The highest BCUT2D eigenvalue weighted by Crippen LogP contribution is 2.24. The molecule has 20 heavy (non-hydrogen) atoms. The number of fused-ring (bicyclic) bond motifs is 1. The van der Waals surface area contributed by atoms with Gasteiger partial charge in [-0.05, 0) is 36.8 Å². The van der Waals surface area contributed by atoms with Crippen LogP contribution in [0.25, 0.3) is 10.9 Å². The van der Waals surface area contributed by atoms with Crippen LogP contribution < -0.4 is 4.74 Å². The van der Waals surface area contributed by atoms with E-state index in [2.05, 4.69) is 0 Å². The van der Waals surface area contributed by atoms with Gasteiger partial charge in [-0.3, -0.25) is 0 Å². The second-order valence-corrected chi connectivity index (χ2v) is 4.98. The number of hydrogen-bond acceptors (Lipinski definition) is 1. The zero-order chi connectivity index (χ0) is 14.1. The van der Waals surface area contributed by atoms with Gasteiger partial charge in [0.25, 0.3) is 0 Å². The summed E-state index contributed by atoms with van der Waals surface area (Å²) in [6.07, 6.45) is 1.99. The van der Waals surface area contributed by atoms with Gasteiger partial charge < -0.3 is 9.30 Å². The number of aromatic nitrogens is 1. The molecule has 1 aromatic heterocycles. The van der Waals surface area contributed by atoms with E-state index in [0.717, 1.165) is 27.8 Å². The fourth-order valence-electron chi connectivity index (χ4n) is 2.43. The van der Waals surface area contributed by atoms with Crippen LogP contribution >= 0.6 is 0 Å². The third kappa shape index (κ3) is 2.27. The van der Waals surface area contributed by atoms with Crippen molar-refractivity contribution in [2.45, 2.75) is 13.5 Å². The maximum Gasteiger partial charge on any atom is 0.123 e. The molecule has 0 unspecified atom stereocenters. The van der Waals surface area contributed by atoms with Gasteiger partial charge in [0.1, 0.15) is 18.2 Å². The summed E-state index contributed by atoms with van der Waals surface area (Å²) in [6.45, 7) is 2.45. The van der Waals surface area contributed by atoms with Crippen LogP contribution in [-0.4, -0.2) is 4.57 Å². The van der Waals surface area contributed by atoms with Crippen LogP contribution in [0.2, 0.25) is 0 Å². The molecule has 0 aliphatic rings. The summed E-state index contributed by atoms with van der Waals surface area (Å²) >= 11 is 0. The van der Waals surface area contributed by atoms with E-state index < -0.39 is 0 Å². The van der Waals surface area contributed by atoms with E-state index in [4.69, 9.17) is 4.74 Å². The fourth-order valence-corrected chi connectivity index (χ4v) is 2.43. The van der Waals surface area contributed by atoms with E-state index in [-0.39, 0.29) is 5.82 Å². The number of nitrogens with zero attached hydrogens (tertiary/aromatic N) is 1. The first-order valence-electron chi connectivity index (χ1n) is 6.57. The molecular formula is C17H16FNO. The zero-order valence-corrected chi connectivity index (χ0v) is 11.6. The molecule has 3 rings (SSSR count). The maximum absolute atomic E-state index is 13.4. The molecule has 0 saturated carbocycles. The number of hydrogen-bond donors (Lipinski definition) is 0. The van der Waals surface area contributed by atoms with Gasteiger partial charge in [-0.15, -0.1) is 0 Å². The largest absolute Gasteiger partial charge is 0.489 e. The predicted molar refractivity (Wildman–Crippen MR) is 78.4 cm³/mol. The summed E-state index contributed by atoms with van der Waals surface area (Å²) in [7, 11) is 1.96. The lowest BCUT2D eigenvalue weighted by atomic mass is 10.2. The number of para-hydroxylation sites is 1. The highest BCUT2D eigenvalue weighted by atomic mass is 19.1. The van der Waals surface area contributed by atoms with Crippen molar-refractivity contribution in [1.82, 2.24) is 4.57 Å². The SMILES string of the molecule is Cc1ccccc1OCc1cn(C)c2ccc(F)cc12. The molecule has 2 aromatic carbocycles. The molecular weight excluding hydrogens is 253 g/mol.